The van der Waals surface area contributed by atoms with Gasteiger partial charge >= 0.3 is 5.97 Å². The van der Waals surface area contributed by atoms with Crippen molar-refractivity contribution in [2.45, 2.75) is 32.6 Å². The molecule has 5 nitrogen and oxygen atoms in total. The van der Waals surface area contributed by atoms with Crippen molar-refractivity contribution in [3.63, 3.8) is 0 Å². The Morgan fingerprint density at radius 2 is 1.89 bits per heavy atom. The summed E-state index contributed by atoms with van der Waals surface area (Å²) in [6, 6.07) is 9.92. The number of esters is 1. The molecule has 3 rings (SSSR count). The number of ether oxygens (including phenoxy) is 3. The molecule has 0 amide bonds. The molecular formula is C22H26O5. The molecule has 0 spiro atoms. The largest absolute Gasteiger partial charge is 0.497 e. The average Bonchev–Trinajstić information content (AvgIpc) is 2.95. The highest BCUT2D eigenvalue weighted by Gasteiger charge is 2.47. The van der Waals surface area contributed by atoms with E-state index in [-0.39, 0.29) is 24.1 Å². The van der Waals surface area contributed by atoms with E-state index in [9.17, 15) is 9.59 Å². The Morgan fingerprint density at radius 3 is 2.56 bits per heavy atom. The number of rotatable bonds is 6. The van der Waals surface area contributed by atoms with Crippen LogP contribution < -0.4 is 9.47 Å². The SMILES string of the molecule is COC(=O)CC1(C)C(=O)CCC1Cc1ccc(OC)c2cc(OC)ccc12. The van der Waals surface area contributed by atoms with Gasteiger partial charge in [0.2, 0.25) is 0 Å². The number of benzene rings is 2. The first-order valence-electron chi connectivity index (χ1n) is 9.16. The van der Waals surface area contributed by atoms with Crippen LogP contribution in [0, 0.1) is 11.3 Å². The summed E-state index contributed by atoms with van der Waals surface area (Å²) in [5.41, 5.74) is 0.468. The minimum Gasteiger partial charge on any atom is -0.497 e. The van der Waals surface area contributed by atoms with Crippen molar-refractivity contribution in [2.24, 2.45) is 11.3 Å². The molecule has 1 saturated carbocycles. The van der Waals surface area contributed by atoms with Gasteiger partial charge in [0.15, 0.2) is 0 Å². The molecule has 1 aliphatic carbocycles. The van der Waals surface area contributed by atoms with Crippen molar-refractivity contribution in [3.8, 4) is 11.5 Å². The van der Waals surface area contributed by atoms with Crippen molar-refractivity contribution < 1.29 is 23.8 Å². The van der Waals surface area contributed by atoms with Crippen LogP contribution in [0.4, 0.5) is 0 Å². The van der Waals surface area contributed by atoms with E-state index in [0.717, 1.165) is 40.7 Å². The van der Waals surface area contributed by atoms with E-state index in [1.165, 1.54) is 7.11 Å². The van der Waals surface area contributed by atoms with Gasteiger partial charge in [0.1, 0.15) is 17.3 Å². The van der Waals surface area contributed by atoms with Gasteiger partial charge in [-0.25, -0.2) is 0 Å². The fourth-order valence-corrected chi connectivity index (χ4v) is 4.19. The fourth-order valence-electron chi connectivity index (χ4n) is 4.19. The van der Waals surface area contributed by atoms with Crippen LogP contribution in [0.3, 0.4) is 0 Å². The van der Waals surface area contributed by atoms with Gasteiger partial charge in [-0.2, -0.15) is 0 Å². The second-order valence-corrected chi connectivity index (χ2v) is 7.37. The van der Waals surface area contributed by atoms with Gasteiger partial charge in [0, 0.05) is 17.2 Å². The predicted octanol–water partition coefficient (Wildman–Crippen LogP) is 3.95. The van der Waals surface area contributed by atoms with E-state index < -0.39 is 5.41 Å². The molecule has 2 unspecified atom stereocenters. The maximum absolute atomic E-state index is 12.6. The Bertz CT molecular complexity index is 872. The number of methoxy groups -OCH3 is 3. The number of Topliss-reactive ketones (excluding diaryl/α,β-unsaturated/α-hetero) is 1. The third-order valence-corrected chi connectivity index (χ3v) is 5.96. The molecule has 0 saturated heterocycles. The second kappa shape index (κ2) is 7.59. The molecular weight excluding hydrogens is 344 g/mol. The zero-order valence-corrected chi connectivity index (χ0v) is 16.3. The normalized spacial score (nSPS) is 22.1. The standard InChI is InChI=1S/C22H26O5/c1-22(13-21(24)27-4)15(6-10-20(22)23)11-14-5-9-19(26-3)18-12-16(25-2)7-8-17(14)18/h5,7-9,12,15H,6,10-11,13H2,1-4H3. The Labute approximate surface area is 159 Å². The van der Waals surface area contributed by atoms with Gasteiger partial charge in [0.25, 0.3) is 0 Å². The van der Waals surface area contributed by atoms with E-state index in [2.05, 4.69) is 6.07 Å². The number of fused-ring (bicyclic) bond motifs is 1. The van der Waals surface area contributed by atoms with Crippen LogP contribution in [-0.4, -0.2) is 33.1 Å². The highest BCUT2D eigenvalue weighted by Crippen LogP contribution is 2.46. The van der Waals surface area contributed by atoms with Crippen molar-refractivity contribution in [3.05, 3.63) is 35.9 Å². The molecule has 2 aromatic carbocycles. The van der Waals surface area contributed by atoms with E-state index in [0.29, 0.717) is 6.42 Å². The second-order valence-electron chi connectivity index (χ2n) is 7.37. The molecule has 0 bridgehead atoms. The molecule has 27 heavy (non-hydrogen) atoms. The summed E-state index contributed by atoms with van der Waals surface area (Å²) in [5.74, 6) is 1.47. The highest BCUT2D eigenvalue weighted by atomic mass is 16.5. The minimum absolute atomic E-state index is 0.0998. The number of ketones is 1. The van der Waals surface area contributed by atoms with Crippen LogP contribution in [0.25, 0.3) is 10.8 Å². The first-order valence-corrected chi connectivity index (χ1v) is 9.16. The van der Waals surface area contributed by atoms with Gasteiger partial charge in [-0.3, -0.25) is 9.59 Å². The number of carbonyl (C=O) groups is 2. The van der Waals surface area contributed by atoms with Crippen molar-refractivity contribution in [1.82, 2.24) is 0 Å². The molecule has 1 fully saturated rings. The van der Waals surface area contributed by atoms with Gasteiger partial charge in [-0.05, 0) is 47.9 Å². The van der Waals surface area contributed by atoms with Crippen LogP contribution in [0.5, 0.6) is 11.5 Å². The summed E-state index contributed by atoms with van der Waals surface area (Å²) < 4.78 is 15.7. The van der Waals surface area contributed by atoms with Crippen LogP contribution in [0.1, 0.15) is 31.7 Å². The summed E-state index contributed by atoms with van der Waals surface area (Å²) in [6.45, 7) is 1.90. The van der Waals surface area contributed by atoms with E-state index >= 15 is 0 Å². The molecule has 5 heteroatoms. The molecule has 0 radical (unpaired) electrons. The van der Waals surface area contributed by atoms with Gasteiger partial charge in [0.05, 0.1) is 27.8 Å². The van der Waals surface area contributed by atoms with Crippen LogP contribution in [-0.2, 0) is 20.7 Å². The third kappa shape index (κ3) is 3.51. The molecule has 0 heterocycles. The lowest BCUT2D eigenvalue weighted by atomic mass is 9.73. The molecule has 1 aliphatic rings. The first-order chi connectivity index (χ1) is 12.9. The fraction of sp³-hybridized carbons (Fsp3) is 0.455. The van der Waals surface area contributed by atoms with Crippen molar-refractivity contribution >= 4 is 22.5 Å². The molecule has 2 aromatic rings. The smallest absolute Gasteiger partial charge is 0.306 e. The Morgan fingerprint density at radius 1 is 1.11 bits per heavy atom. The third-order valence-electron chi connectivity index (χ3n) is 5.96. The summed E-state index contributed by atoms with van der Waals surface area (Å²) in [4.78, 5) is 24.4. The number of carbonyl (C=O) groups excluding carboxylic acids is 2. The number of hydrogen-bond acceptors (Lipinski definition) is 5. The highest BCUT2D eigenvalue weighted by molar-refractivity contribution is 5.93. The van der Waals surface area contributed by atoms with Crippen molar-refractivity contribution in [2.75, 3.05) is 21.3 Å². The minimum atomic E-state index is -0.675. The van der Waals surface area contributed by atoms with Crippen LogP contribution in [0.2, 0.25) is 0 Å². The Kier molecular flexibility index (Phi) is 5.40. The number of hydrogen-bond donors (Lipinski definition) is 0. The lowest BCUT2D eigenvalue weighted by molar-refractivity contribution is -0.147. The predicted molar refractivity (Wildman–Crippen MR) is 103 cm³/mol. The summed E-state index contributed by atoms with van der Waals surface area (Å²) in [5, 5.41) is 2.06. The quantitative estimate of drug-likeness (QED) is 0.721. The molecule has 0 aliphatic heterocycles. The molecule has 144 valence electrons. The maximum atomic E-state index is 12.6. The van der Waals surface area contributed by atoms with Gasteiger partial charge in [-0.1, -0.05) is 19.1 Å². The zero-order chi connectivity index (χ0) is 19.6. The monoisotopic (exact) mass is 370 g/mol. The molecule has 2 atom stereocenters. The molecule has 0 aromatic heterocycles. The van der Waals surface area contributed by atoms with Crippen LogP contribution in [0.15, 0.2) is 30.3 Å². The van der Waals surface area contributed by atoms with Gasteiger partial charge < -0.3 is 14.2 Å². The lowest BCUT2D eigenvalue weighted by Crippen LogP contribution is -2.33. The topological polar surface area (TPSA) is 61.8 Å². The zero-order valence-electron chi connectivity index (χ0n) is 16.3. The lowest BCUT2D eigenvalue weighted by Gasteiger charge is -2.29. The maximum Gasteiger partial charge on any atom is 0.306 e. The Balaban J connectivity index is 1.98. The van der Waals surface area contributed by atoms with E-state index in [1.54, 1.807) is 14.2 Å². The average molecular weight is 370 g/mol. The Hall–Kier alpha value is -2.56. The van der Waals surface area contributed by atoms with E-state index in [1.807, 2.05) is 31.2 Å². The summed E-state index contributed by atoms with van der Waals surface area (Å²) >= 11 is 0. The van der Waals surface area contributed by atoms with Crippen molar-refractivity contribution in [1.29, 1.82) is 0 Å². The van der Waals surface area contributed by atoms with Gasteiger partial charge in [-0.15, -0.1) is 0 Å². The van der Waals surface area contributed by atoms with Crippen LogP contribution >= 0.6 is 0 Å². The van der Waals surface area contributed by atoms with E-state index in [4.69, 9.17) is 14.2 Å². The molecule has 0 N–H and O–H groups in total. The summed E-state index contributed by atoms with van der Waals surface area (Å²) in [7, 11) is 4.65. The summed E-state index contributed by atoms with van der Waals surface area (Å²) in [6.07, 6.45) is 2.16. The first kappa shape index (κ1) is 19.2.